The SMILES string of the molecule is [B]C([B])(OP1(=O)OCc2cc(Cl)ccc2O1)C1CCC(n2cc(C)c(=S)[nH]c2=O)O1. The molecule has 13 heteroatoms. The first-order chi connectivity index (χ1) is 14.1. The molecule has 2 aliphatic rings. The molecule has 1 aromatic heterocycles. The summed E-state index contributed by atoms with van der Waals surface area (Å²) in [4.78, 5) is 14.8. The van der Waals surface area contributed by atoms with Crippen LogP contribution in [-0.2, 0) is 25.0 Å². The monoisotopic (exact) mass is 464 g/mol. The summed E-state index contributed by atoms with van der Waals surface area (Å²) in [5.41, 5.74) is 0.913. The van der Waals surface area contributed by atoms with Crippen molar-refractivity contribution in [3.63, 3.8) is 0 Å². The molecule has 3 atom stereocenters. The van der Waals surface area contributed by atoms with E-state index in [-0.39, 0.29) is 6.61 Å². The fourth-order valence-corrected chi connectivity index (χ4v) is 5.00. The van der Waals surface area contributed by atoms with E-state index in [9.17, 15) is 9.36 Å². The number of phosphoric acid groups is 1. The number of phosphoric ester groups is 1. The largest absolute Gasteiger partial charge is 0.529 e. The van der Waals surface area contributed by atoms with E-state index in [0.717, 1.165) is 0 Å². The minimum atomic E-state index is -4.11. The van der Waals surface area contributed by atoms with Gasteiger partial charge in [-0.1, -0.05) is 23.8 Å². The van der Waals surface area contributed by atoms with Crippen molar-refractivity contribution in [1.29, 1.82) is 0 Å². The van der Waals surface area contributed by atoms with Gasteiger partial charge in [-0.05, 0) is 38.0 Å². The van der Waals surface area contributed by atoms with Crippen molar-refractivity contribution in [2.24, 2.45) is 0 Å². The van der Waals surface area contributed by atoms with Crippen LogP contribution < -0.4 is 10.2 Å². The number of H-pyrrole nitrogens is 1. The second-order valence-electron chi connectivity index (χ2n) is 7.14. The maximum atomic E-state index is 13.0. The highest BCUT2D eigenvalue weighted by Gasteiger charge is 2.45. The van der Waals surface area contributed by atoms with Crippen molar-refractivity contribution in [2.45, 2.75) is 44.1 Å². The lowest BCUT2D eigenvalue weighted by Crippen LogP contribution is -2.46. The Morgan fingerprint density at radius 3 is 2.93 bits per heavy atom. The number of rotatable bonds is 4. The van der Waals surface area contributed by atoms with Crippen LogP contribution in [0.1, 0.15) is 30.2 Å². The molecule has 0 saturated carbocycles. The highest BCUT2D eigenvalue weighted by Crippen LogP contribution is 2.57. The average molecular weight is 464 g/mol. The number of hydrogen-bond donors (Lipinski definition) is 1. The molecule has 1 fully saturated rings. The van der Waals surface area contributed by atoms with Crippen LogP contribution in [0, 0.1) is 11.6 Å². The van der Waals surface area contributed by atoms with E-state index in [4.69, 9.17) is 57.8 Å². The van der Waals surface area contributed by atoms with E-state index in [1.165, 1.54) is 4.57 Å². The Morgan fingerprint density at radius 2 is 2.17 bits per heavy atom. The van der Waals surface area contributed by atoms with Crippen LogP contribution in [0.15, 0.2) is 29.2 Å². The highest BCUT2D eigenvalue weighted by atomic mass is 35.5. The third-order valence-corrected chi connectivity index (χ3v) is 6.90. The summed E-state index contributed by atoms with van der Waals surface area (Å²) in [6, 6.07) is 4.78. The second kappa shape index (κ2) is 7.97. The zero-order valence-electron chi connectivity index (χ0n) is 15.9. The van der Waals surface area contributed by atoms with Gasteiger partial charge in [-0.3, -0.25) is 18.6 Å². The minimum absolute atomic E-state index is 0.0463. The summed E-state index contributed by atoms with van der Waals surface area (Å²) < 4.78 is 36.6. The molecule has 3 heterocycles. The minimum Gasteiger partial charge on any atom is -0.404 e. The quantitative estimate of drug-likeness (QED) is 0.422. The van der Waals surface area contributed by atoms with E-state index in [1.807, 2.05) is 0 Å². The van der Waals surface area contributed by atoms with E-state index < -0.39 is 31.2 Å². The first-order valence-electron chi connectivity index (χ1n) is 9.05. The number of aromatic nitrogens is 2. The number of aryl methyl sites for hydroxylation is 1. The Balaban J connectivity index is 1.49. The molecular weight excluding hydrogens is 448 g/mol. The number of halogens is 1. The molecular formula is C17H16B2ClN2O6PS. The topological polar surface area (TPSA) is 91.8 Å². The van der Waals surface area contributed by atoms with Crippen molar-refractivity contribution in [1.82, 2.24) is 9.55 Å². The first kappa shape index (κ1) is 21.9. The molecule has 4 rings (SSSR count). The Morgan fingerprint density at radius 1 is 1.40 bits per heavy atom. The molecule has 0 amide bonds. The Bertz CT molecular complexity index is 1160. The van der Waals surface area contributed by atoms with Gasteiger partial charge in [-0.15, -0.1) is 0 Å². The molecule has 2 aliphatic heterocycles. The summed E-state index contributed by atoms with van der Waals surface area (Å²) in [5, 5.41) is -1.50. The zero-order valence-corrected chi connectivity index (χ0v) is 18.3. The lowest BCUT2D eigenvalue weighted by atomic mass is 9.61. The van der Waals surface area contributed by atoms with Crippen molar-refractivity contribution < 1.29 is 22.9 Å². The first-order valence-corrected chi connectivity index (χ1v) is 11.3. The number of hydrogen-bond acceptors (Lipinski definition) is 7. The van der Waals surface area contributed by atoms with Gasteiger partial charge < -0.3 is 9.26 Å². The molecule has 1 N–H and O–H groups in total. The van der Waals surface area contributed by atoms with Crippen LogP contribution >= 0.6 is 31.6 Å². The van der Waals surface area contributed by atoms with E-state index in [1.54, 1.807) is 31.3 Å². The van der Waals surface area contributed by atoms with Crippen LogP contribution in [0.3, 0.4) is 0 Å². The number of nitrogens with zero attached hydrogens (tertiary/aromatic N) is 1. The number of ether oxygens (including phenoxy) is 1. The van der Waals surface area contributed by atoms with E-state index in [0.29, 0.717) is 39.4 Å². The van der Waals surface area contributed by atoms with Gasteiger partial charge in [-0.2, -0.15) is 0 Å². The lowest BCUT2D eigenvalue weighted by Gasteiger charge is -2.36. The van der Waals surface area contributed by atoms with Gasteiger partial charge in [0.1, 0.15) is 32.3 Å². The second-order valence-corrected chi connectivity index (χ2v) is 9.51. The van der Waals surface area contributed by atoms with Gasteiger partial charge in [-0.25, -0.2) is 9.36 Å². The van der Waals surface area contributed by atoms with Gasteiger partial charge in [0.25, 0.3) is 0 Å². The Labute approximate surface area is 185 Å². The van der Waals surface area contributed by atoms with Crippen LogP contribution in [0.5, 0.6) is 5.75 Å². The zero-order chi connectivity index (χ0) is 21.7. The number of aromatic amines is 1. The molecule has 8 nitrogen and oxygen atoms in total. The Hall–Kier alpha value is -1.35. The molecule has 3 unspecified atom stereocenters. The predicted molar refractivity (Wildman–Crippen MR) is 114 cm³/mol. The van der Waals surface area contributed by atoms with Crippen LogP contribution in [0.25, 0.3) is 0 Å². The summed E-state index contributed by atoms with van der Waals surface area (Å²) >= 11 is 11.0. The van der Waals surface area contributed by atoms with Gasteiger partial charge in [0.2, 0.25) is 0 Å². The normalized spacial score (nSPS) is 26.2. The molecule has 2 aromatic rings. The summed E-state index contributed by atoms with van der Waals surface area (Å²) in [6.45, 7) is 1.73. The number of benzene rings is 1. The summed E-state index contributed by atoms with van der Waals surface area (Å²) in [5.74, 6) is 0.302. The summed E-state index contributed by atoms with van der Waals surface area (Å²) in [7, 11) is 8.05. The molecule has 0 aliphatic carbocycles. The van der Waals surface area contributed by atoms with Crippen LogP contribution in [0.4, 0.5) is 0 Å². The molecule has 1 saturated heterocycles. The van der Waals surface area contributed by atoms with Crippen LogP contribution in [0.2, 0.25) is 5.02 Å². The fourth-order valence-electron chi connectivity index (χ4n) is 3.30. The maximum Gasteiger partial charge on any atom is 0.529 e. The van der Waals surface area contributed by atoms with E-state index in [2.05, 4.69) is 4.98 Å². The van der Waals surface area contributed by atoms with Crippen LogP contribution in [-0.4, -0.2) is 36.7 Å². The molecule has 0 bridgehead atoms. The fraction of sp³-hybridized carbons (Fsp3) is 0.412. The maximum absolute atomic E-state index is 13.0. The van der Waals surface area contributed by atoms with Crippen molar-refractivity contribution >= 4 is 47.3 Å². The molecule has 30 heavy (non-hydrogen) atoms. The highest BCUT2D eigenvalue weighted by molar-refractivity contribution is 7.71. The standard InChI is InChI=1S/C17H16B2ClN2O6PS/c1-9-7-22(16(23)21-15(9)30)14-5-4-13(26-14)17(18,19)28-29(24)25-8-10-6-11(20)2-3-12(10)27-29/h2-3,6-7,13-14H,4-5,8H2,1H3,(H,21,23,30). The number of fused-ring (bicyclic) bond motifs is 1. The Kier molecular flexibility index (Phi) is 5.81. The van der Waals surface area contributed by atoms with Crippen molar-refractivity contribution in [3.05, 3.63) is 55.7 Å². The van der Waals surface area contributed by atoms with Gasteiger partial charge in [0.05, 0.1) is 12.7 Å². The van der Waals surface area contributed by atoms with Crippen molar-refractivity contribution in [2.75, 3.05) is 0 Å². The molecule has 154 valence electrons. The predicted octanol–water partition coefficient (Wildman–Crippen LogP) is 3.27. The number of nitrogens with one attached hydrogen (secondary N) is 1. The van der Waals surface area contributed by atoms with Crippen molar-refractivity contribution in [3.8, 4) is 5.75 Å². The molecule has 4 radical (unpaired) electrons. The van der Waals surface area contributed by atoms with Gasteiger partial charge in [0, 0.05) is 27.7 Å². The molecule has 0 spiro atoms. The van der Waals surface area contributed by atoms with E-state index >= 15 is 0 Å². The van der Waals surface area contributed by atoms with Gasteiger partial charge >= 0.3 is 13.5 Å². The van der Waals surface area contributed by atoms with Gasteiger partial charge in [0.15, 0.2) is 0 Å². The lowest BCUT2D eigenvalue weighted by molar-refractivity contribution is -0.0514. The third kappa shape index (κ3) is 4.33. The molecule has 1 aromatic carbocycles. The summed E-state index contributed by atoms with van der Waals surface area (Å²) in [6.07, 6.45) is 0.871. The smallest absolute Gasteiger partial charge is 0.404 e. The average Bonchev–Trinajstić information content (AvgIpc) is 3.15. The third-order valence-electron chi connectivity index (χ3n) is 4.84.